The predicted octanol–water partition coefficient (Wildman–Crippen LogP) is -0.291. The SMILES string of the molecule is COC(=O)/C=C\C(=O)OC[C@H]1CN(C)C(=O)O1. The summed E-state index contributed by atoms with van der Waals surface area (Å²) in [6.45, 7) is 0.327. The molecule has 0 aliphatic carbocycles. The first-order valence-corrected chi connectivity index (χ1v) is 4.87. The van der Waals surface area contributed by atoms with E-state index in [-0.39, 0.29) is 6.61 Å². The molecule has 0 bridgehead atoms. The Balaban J connectivity index is 2.27. The number of hydrogen-bond acceptors (Lipinski definition) is 6. The molecule has 0 aromatic rings. The van der Waals surface area contributed by atoms with E-state index >= 15 is 0 Å². The Hall–Kier alpha value is -2.05. The Morgan fingerprint density at radius 3 is 2.65 bits per heavy atom. The molecule has 0 N–H and O–H groups in total. The highest BCUT2D eigenvalue weighted by Gasteiger charge is 2.28. The van der Waals surface area contributed by atoms with Crippen LogP contribution in [0, 0.1) is 0 Å². The standard InChI is InChI=1S/C10H13NO6/c1-11-5-7(17-10(11)14)6-16-9(13)4-3-8(12)15-2/h3-4,7H,5-6H2,1-2H3/b4-3-/t7-/m1/s1. The molecule has 1 saturated heterocycles. The van der Waals surface area contributed by atoms with Crippen molar-refractivity contribution in [3.63, 3.8) is 0 Å². The summed E-state index contributed by atoms with van der Waals surface area (Å²) >= 11 is 0. The Labute approximate surface area is 97.9 Å². The van der Waals surface area contributed by atoms with Crippen molar-refractivity contribution in [1.82, 2.24) is 4.90 Å². The highest BCUT2D eigenvalue weighted by molar-refractivity contribution is 5.91. The van der Waals surface area contributed by atoms with Crippen molar-refractivity contribution < 1.29 is 28.6 Å². The quantitative estimate of drug-likeness (QED) is 0.383. The lowest BCUT2D eigenvalue weighted by Gasteiger charge is -2.07. The van der Waals surface area contributed by atoms with E-state index in [2.05, 4.69) is 4.74 Å². The van der Waals surface area contributed by atoms with Gasteiger partial charge in [0.1, 0.15) is 6.61 Å². The fourth-order valence-corrected chi connectivity index (χ4v) is 1.16. The van der Waals surface area contributed by atoms with Gasteiger partial charge in [0, 0.05) is 19.2 Å². The zero-order chi connectivity index (χ0) is 12.8. The summed E-state index contributed by atoms with van der Waals surface area (Å²) in [7, 11) is 2.78. The Bertz CT molecular complexity index is 351. The summed E-state index contributed by atoms with van der Waals surface area (Å²) in [5.74, 6) is -1.34. The zero-order valence-corrected chi connectivity index (χ0v) is 9.54. The van der Waals surface area contributed by atoms with Gasteiger partial charge in [0.05, 0.1) is 13.7 Å². The van der Waals surface area contributed by atoms with Gasteiger partial charge in [-0.3, -0.25) is 0 Å². The first-order chi connectivity index (χ1) is 8.02. The van der Waals surface area contributed by atoms with Gasteiger partial charge in [-0.15, -0.1) is 0 Å². The van der Waals surface area contributed by atoms with Crippen molar-refractivity contribution in [2.45, 2.75) is 6.10 Å². The Morgan fingerprint density at radius 2 is 2.12 bits per heavy atom. The van der Waals surface area contributed by atoms with E-state index in [9.17, 15) is 14.4 Å². The lowest BCUT2D eigenvalue weighted by Crippen LogP contribution is -2.23. The van der Waals surface area contributed by atoms with Gasteiger partial charge in [-0.25, -0.2) is 14.4 Å². The molecule has 1 atom stereocenters. The molecule has 1 fully saturated rings. The van der Waals surface area contributed by atoms with Gasteiger partial charge in [-0.1, -0.05) is 0 Å². The van der Waals surface area contributed by atoms with E-state index in [0.29, 0.717) is 6.54 Å². The average molecular weight is 243 g/mol. The maximum Gasteiger partial charge on any atom is 0.410 e. The maximum absolute atomic E-state index is 11.1. The van der Waals surface area contributed by atoms with Gasteiger partial charge in [0.15, 0.2) is 6.10 Å². The minimum Gasteiger partial charge on any atom is -0.466 e. The number of cyclic esters (lactones) is 1. The molecule has 94 valence electrons. The fraction of sp³-hybridized carbons (Fsp3) is 0.500. The molecule has 0 spiro atoms. The Kier molecular flexibility index (Phi) is 4.50. The smallest absolute Gasteiger partial charge is 0.410 e. The van der Waals surface area contributed by atoms with Crippen LogP contribution in [-0.2, 0) is 23.8 Å². The normalized spacial score (nSPS) is 19.3. The lowest BCUT2D eigenvalue weighted by atomic mass is 10.4. The second kappa shape index (κ2) is 5.88. The van der Waals surface area contributed by atoms with Crippen LogP contribution in [0.2, 0.25) is 0 Å². The average Bonchev–Trinajstić information content (AvgIpc) is 2.63. The Morgan fingerprint density at radius 1 is 1.47 bits per heavy atom. The van der Waals surface area contributed by atoms with E-state index < -0.39 is 24.1 Å². The molecular formula is C10H13NO6. The van der Waals surface area contributed by atoms with Crippen LogP contribution in [0.5, 0.6) is 0 Å². The molecule has 0 radical (unpaired) electrons. The van der Waals surface area contributed by atoms with E-state index in [1.54, 1.807) is 7.05 Å². The van der Waals surface area contributed by atoms with Crippen molar-refractivity contribution >= 4 is 18.0 Å². The molecule has 0 aromatic carbocycles. The molecule has 7 heteroatoms. The molecule has 1 aliphatic rings. The van der Waals surface area contributed by atoms with Gasteiger partial charge in [-0.2, -0.15) is 0 Å². The minimum atomic E-state index is -0.694. The van der Waals surface area contributed by atoms with Crippen molar-refractivity contribution in [1.29, 1.82) is 0 Å². The third-order valence-corrected chi connectivity index (χ3v) is 2.02. The van der Waals surface area contributed by atoms with Crippen LogP contribution >= 0.6 is 0 Å². The highest BCUT2D eigenvalue weighted by Crippen LogP contribution is 2.08. The molecule has 0 aromatic heterocycles. The zero-order valence-electron chi connectivity index (χ0n) is 9.54. The third-order valence-electron chi connectivity index (χ3n) is 2.02. The number of esters is 2. The second-order valence-electron chi connectivity index (χ2n) is 3.37. The van der Waals surface area contributed by atoms with Crippen molar-refractivity contribution in [3.05, 3.63) is 12.2 Å². The summed E-state index contributed by atoms with van der Waals surface area (Å²) < 4.78 is 13.9. The topological polar surface area (TPSA) is 82.1 Å². The summed E-state index contributed by atoms with van der Waals surface area (Å²) in [5, 5.41) is 0. The van der Waals surface area contributed by atoms with Crippen LogP contribution in [0.1, 0.15) is 0 Å². The summed E-state index contributed by atoms with van der Waals surface area (Å²) in [6.07, 6.45) is 0.987. The van der Waals surface area contributed by atoms with E-state index in [0.717, 1.165) is 12.2 Å². The monoisotopic (exact) mass is 243 g/mol. The summed E-state index contributed by atoms with van der Waals surface area (Å²) in [6, 6.07) is 0. The van der Waals surface area contributed by atoms with E-state index in [4.69, 9.17) is 9.47 Å². The third kappa shape index (κ3) is 4.13. The fourth-order valence-electron chi connectivity index (χ4n) is 1.16. The van der Waals surface area contributed by atoms with E-state index in [1.165, 1.54) is 12.0 Å². The number of nitrogens with zero attached hydrogens (tertiary/aromatic N) is 1. The van der Waals surface area contributed by atoms with Crippen molar-refractivity contribution in [2.75, 3.05) is 27.3 Å². The number of ether oxygens (including phenoxy) is 3. The van der Waals surface area contributed by atoms with Crippen LogP contribution in [0.3, 0.4) is 0 Å². The highest BCUT2D eigenvalue weighted by atomic mass is 16.6. The first kappa shape index (κ1) is 13.0. The number of rotatable bonds is 4. The van der Waals surface area contributed by atoms with Crippen LogP contribution in [0.25, 0.3) is 0 Å². The first-order valence-electron chi connectivity index (χ1n) is 4.87. The summed E-state index contributed by atoms with van der Waals surface area (Å²) in [5.41, 5.74) is 0. The number of amides is 1. The molecule has 1 rings (SSSR count). The molecule has 1 aliphatic heterocycles. The molecule has 0 saturated carbocycles. The lowest BCUT2D eigenvalue weighted by molar-refractivity contribution is -0.141. The summed E-state index contributed by atoms with van der Waals surface area (Å²) in [4.78, 5) is 34.1. The molecule has 7 nitrogen and oxygen atoms in total. The number of methoxy groups -OCH3 is 1. The van der Waals surface area contributed by atoms with Crippen LogP contribution in [0.15, 0.2) is 12.2 Å². The molecule has 0 unspecified atom stereocenters. The van der Waals surface area contributed by atoms with Gasteiger partial charge in [0.2, 0.25) is 0 Å². The van der Waals surface area contributed by atoms with Crippen molar-refractivity contribution in [2.24, 2.45) is 0 Å². The van der Waals surface area contributed by atoms with E-state index in [1.807, 2.05) is 0 Å². The number of likely N-dealkylation sites (N-methyl/N-ethyl adjacent to an activating group) is 1. The van der Waals surface area contributed by atoms with Gasteiger partial charge in [0.25, 0.3) is 0 Å². The molecule has 17 heavy (non-hydrogen) atoms. The predicted molar refractivity (Wildman–Crippen MR) is 55.0 cm³/mol. The number of carbonyl (C=O) groups excluding carboxylic acids is 3. The largest absolute Gasteiger partial charge is 0.466 e. The van der Waals surface area contributed by atoms with Gasteiger partial charge in [-0.05, 0) is 0 Å². The molecular weight excluding hydrogens is 230 g/mol. The molecule has 1 amide bonds. The van der Waals surface area contributed by atoms with Crippen LogP contribution in [0.4, 0.5) is 4.79 Å². The maximum atomic E-state index is 11.1. The number of carbonyl (C=O) groups is 3. The van der Waals surface area contributed by atoms with Crippen LogP contribution < -0.4 is 0 Å². The number of hydrogen-bond donors (Lipinski definition) is 0. The van der Waals surface area contributed by atoms with Crippen molar-refractivity contribution in [3.8, 4) is 0 Å². The van der Waals surface area contributed by atoms with Crippen LogP contribution in [-0.4, -0.2) is 56.3 Å². The second-order valence-corrected chi connectivity index (χ2v) is 3.37. The minimum absolute atomic E-state index is 0.0412. The molecule has 1 heterocycles. The van der Waals surface area contributed by atoms with Gasteiger partial charge < -0.3 is 19.1 Å². The van der Waals surface area contributed by atoms with Gasteiger partial charge >= 0.3 is 18.0 Å².